The molecule has 1 saturated heterocycles. The Balaban J connectivity index is 1.87. The Morgan fingerprint density at radius 2 is 1.33 bits per heavy atom. The molecule has 3 aromatic rings. The average Bonchev–Trinajstić information content (AvgIpc) is 3.38. The summed E-state index contributed by atoms with van der Waals surface area (Å²) in [5.74, 6) is -2.86. The summed E-state index contributed by atoms with van der Waals surface area (Å²) in [6.07, 6.45) is -11.9. The summed E-state index contributed by atoms with van der Waals surface area (Å²) in [5.41, 5.74) is -8.06. The molecule has 234 valence electrons. The zero-order valence-electron chi connectivity index (χ0n) is 22.1. The summed E-state index contributed by atoms with van der Waals surface area (Å²) in [5, 5.41) is 0. The van der Waals surface area contributed by atoms with Crippen molar-refractivity contribution in [1.82, 2.24) is 4.31 Å². The van der Waals surface area contributed by atoms with Crippen LogP contribution < -0.4 is 0 Å². The van der Waals surface area contributed by atoms with E-state index in [0.29, 0.717) is 24.3 Å². The van der Waals surface area contributed by atoms with Crippen molar-refractivity contribution in [1.29, 1.82) is 0 Å². The fourth-order valence-electron chi connectivity index (χ4n) is 5.06. The number of rotatable bonds is 8. The van der Waals surface area contributed by atoms with Crippen molar-refractivity contribution in [2.45, 2.75) is 40.6 Å². The second-order valence-electron chi connectivity index (χ2n) is 9.90. The molecule has 4 rings (SSSR count). The number of sulfone groups is 1. The fraction of sp³-hybridized carbons (Fsp3) is 0.333. The van der Waals surface area contributed by atoms with Crippen LogP contribution in [0, 0.1) is 11.6 Å². The van der Waals surface area contributed by atoms with Crippen LogP contribution in [-0.4, -0.2) is 52.8 Å². The summed E-state index contributed by atoms with van der Waals surface area (Å²) in [4.78, 5) is -0.246. The predicted molar refractivity (Wildman–Crippen MR) is 138 cm³/mol. The third-order valence-electron chi connectivity index (χ3n) is 7.34. The molecule has 3 aromatic carbocycles. The second kappa shape index (κ2) is 11.1. The molecular formula is C27H23F8NO5S2. The van der Waals surface area contributed by atoms with Gasteiger partial charge in [0, 0.05) is 24.2 Å². The van der Waals surface area contributed by atoms with Crippen molar-refractivity contribution in [3.8, 4) is 0 Å². The summed E-state index contributed by atoms with van der Waals surface area (Å²) in [6, 6.07) is 11.0. The molecule has 0 aromatic heterocycles. The number of nitrogens with zero attached hydrogens (tertiary/aromatic N) is 1. The normalized spacial score (nSPS) is 19.1. The van der Waals surface area contributed by atoms with Crippen LogP contribution in [0.2, 0.25) is 0 Å². The van der Waals surface area contributed by atoms with Crippen LogP contribution in [0.15, 0.2) is 77.7 Å². The maximum Gasteiger partial charge on any atom is 0.430 e. The van der Waals surface area contributed by atoms with Crippen LogP contribution in [0.1, 0.15) is 23.1 Å². The molecular weight excluding hydrogens is 634 g/mol. The van der Waals surface area contributed by atoms with Gasteiger partial charge in [-0.2, -0.15) is 26.3 Å². The Bertz CT molecular complexity index is 1660. The highest BCUT2D eigenvalue weighted by Gasteiger charge is 2.73. The van der Waals surface area contributed by atoms with Crippen LogP contribution in [0.3, 0.4) is 0 Å². The van der Waals surface area contributed by atoms with E-state index in [-0.39, 0.29) is 23.4 Å². The Labute approximate surface area is 241 Å². The van der Waals surface area contributed by atoms with Gasteiger partial charge in [-0.3, -0.25) is 0 Å². The van der Waals surface area contributed by atoms with Gasteiger partial charge in [0.1, 0.15) is 16.4 Å². The molecule has 0 saturated carbocycles. The Morgan fingerprint density at radius 3 is 1.79 bits per heavy atom. The quantitative estimate of drug-likeness (QED) is 0.285. The monoisotopic (exact) mass is 657 g/mol. The topological polar surface area (TPSA) is 80.8 Å². The highest BCUT2D eigenvalue weighted by molar-refractivity contribution is 7.92. The van der Waals surface area contributed by atoms with E-state index in [4.69, 9.17) is 0 Å². The molecule has 6 nitrogen and oxygen atoms in total. The minimum Gasteiger partial charge on any atom is -0.349 e. The van der Waals surface area contributed by atoms with E-state index >= 15 is 0 Å². The van der Waals surface area contributed by atoms with E-state index in [2.05, 4.69) is 4.74 Å². The molecule has 0 spiro atoms. The molecule has 1 atom stereocenters. The van der Waals surface area contributed by atoms with Crippen LogP contribution in [0.4, 0.5) is 35.1 Å². The summed E-state index contributed by atoms with van der Waals surface area (Å²) in [6.45, 7) is -2.71. The SMILES string of the molecule is CS(=O)(=O)N1CCC(c2ccc(C(OCc3c(F)cccc3F)(C(F)(F)F)C(F)(F)F)cc2)(S(=O)(=O)c2ccccc2)C1. The van der Waals surface area contributed by atoms with E-state index < -0.39 is 78.5 Å². The van der Waals surface area contributed by atoms with Gasteiger partial charge in [0.2, 0.25) is 10.0 Å². The fourth-order valence-corrected chi connectivity index (χ4v) is 8.12. The van der Waals surface area contributed by atoms with E-state index in [9.17, 15) is 52.0 Å². The first-order chi connectivity index (χ1) is 19.8. The predicted octanol–water partition coefficient (Wildman–Crippen LogP) is 5.84. The minimum absolute atomic E-state index is 0.246. The third-order valence-corrected chi connectivity index (χ3v) is 11.1. The highest BCUT2D eigenvalue weighted by atomic mass is 32.2. The van der Waals surface area contributed by atoms with E-state index in [1.807, 2.05) is 0 Å². The smallest absolute Gasteiger partial charge is 0.349 e. The Hall–Kier alpha value is -3.08. The second-order valence-corrected chi connectivity index (χ2v) is 14.1. The maximum atomic E-state index is 14.3. The van der Waals surface area contributed by atoms with Gasteiger partial charge < -0.3 is 4.74 Å². The summed E-state index contributed by atoms with van der Waals surface area (Å²) >= 11 is 0. The molecule has 1 fully saturated rings. The molecule has 16 heteroatoms. The van der Waals surface area contributed by atoms with Crippen LogP contribution >= 0.6 is 0 Å². The maximum absolute atomic E-state index is 14.3. The van der Waals surface area contributed by atoms with Gasteiger partial charge in [-0.15, -0.1) is 0 Å². The number of alkyl halides is 6. The molecule has 1 heterocycles. The zero-order valence-corrected chi connectivity index (χ0v) is 23.7. The van der Waals surface area contributed by atoms with Crippen molar-refractivity contribution >= 4 is 19.9 Å². The van der Waals surface area contributed by atoms with Crippen LogP contribution in [0.5, 0.6) is 0 Å². The largest absolute Gasteiger partial charge is 0.430 e. The average molecular weight is 658 g/mol. The standard InChI is InChI=1S/C27H23F8NO5S2/c1-42(37,38)36-15-14-24(17-36,43(39,40)20-6-3-2-4-7-20)18-10-12-19(13-11-18)25(26(30,31)32,27(33,34)35)41-16-21-22(28)8-5-9-23(21)29/h2-13H,14-17H2,1H3. The molecule has 1 unspecified atom stereocenters. The first-order valence-corrected chi connectivity index (χ1v) is 15.7. The van der Waals surface area contributed by atoms with Gasteiger partial charge in [0.05, 0.1) is 17.8 Å². The van der Waals surface area contributed by atoms with Gasteiger partial charge in [-0.25, -0.2) is 29.9 Å². The first kappa shape index (κ1) is 32.8. The van der Waals surface area contributed by atoms with Gasteiger partial charge in [0.25, 0.3) is 5.60 Å². The lowest BCUT2D eigenvalue weighted by atomic mass is 9.88. The molecule has 0 bridgehead atoms. The molecule has 0 radical (unpaired) electrons. The lowest BCUT2D eigenvalue weighted by molar-refractivity contribution is -0.392. The van der Waals surface area contributed by atoms with Gasteiger partial charge >= 0.3 is 12.4 Å². The Kier molecular flexibility index (Phi) is 8.49. The number of sulfonamides is 1. The molecule has 0 aliphatic carbocycles. The van der Waals surface area contributed by atoms with E-state index in [1.54, 1.807) is 0 Å². The van der Waals surface area contributed by atoms with Crippen molar-refractivity contribution in [2.75, 3.05) is 19.3 Å². The number of hydrogen-bond donors (Lipinski definition) is 0. The zero-order chi connectivity index (χ0) is 32.1. The first-order valence-electron chi connectivity index (χ1n) is 12.3. The lowest BCUT2D eigenvalue weighted by Crippen LogP contribution is -2.56. The number of halogens is 8. The third kappa shape index (κ3) is 5.65. The summed E-state index contributed by atoms with van der Waals surface area (Å²) < 4.78 is 170. The van der Waals surface area contributed by atoms with Gasteiger partial charge in [-0.1, -0.05) is 48.5 Å². The van der Waals surface area contributed by atoms with E-state index in [0.717, 1.165) is 28.8 Å². The lowest BCUT2D eigenvalue weighted by Gasteiger charge is -2.38. The molecule has 0 N–H and O–H groups in total. The molecule has 0 amide bonds. The molecule has 1 aliphatic heterocycles. The van der Waals surface area contributed by atoms with Crippen molar-refractivity contribution in [3.05, 3.63) is 101 Å². The van der Waals surface area contributed by atoms with Crippen molar-refractivity contribution < 1.29 is 56.7 Å². The van der Waals surface area contributed by atoms with Crippen molar-refractivity contribution in [3.63, 3.8) is 0 Å². The highest BCUT2D eigenvalue weighted by Crippen LogP contribution is 2.54. The minimum atomic E-state index is -6.21. The molecule has 43 heavy (non-hydrogen) atoms. The van der Waals surface area contributed by atoms with Crippen LogP contribution in [-0.2, 0) is 41.6 Å². The Morgan fingerprint density at radius 1 is 0.791 bits per heavy atom. The van der Waals surface area contributed by atoms with Gasteiger partial charge in [-0.05, 0) is 36.2 Å². The van der Waals surface area contributed by atoms with E-state index in [1.165, 1.54) is 30.3 Å². The number of hydrogen-bond acceptors (Lipinski definition) is 5. The number of benzene rings is 3. The van der Waals surface area contributed by atoms with Crippen molar-refractivity contribution in [2.24, 2.45) is 0 Å². The summed E-state index contributed by atoms with van der Waals surface area (Å²) in [7, 11) is -8.42. The molecule has 1 aliphatic rings. The van der Waals surface area contributed by atoms with Gasteiger partial charge in [0.15, 0.2) is 9.84 Å². The van der Waals surface area contributed by atoms with Crippen LogP contribution in [0.25, 0.3) is 0 Å². The number of ether oxygens (including phenoxy) is 1.